The number of benzene rings is 1. The second kappa shape index (κ2) is 5.50. The summed E-state index contributed by atoms with van der Waals surface area (Å²) in [6.07, 6.45) is 5.16. The highest BCUT2D eigenvalue weighted by Crippen LogP contribution is 2.34. The molecule has 1 aliphatic heterocycles. The van der Waals surface area contributed by atoms with Gasteiger partial charge in [-0.25, -0.2) is 0 Å². The fourth-order valence-corrected chi connectivity index (χ4v) is 3.64. The van der Waals surface area contributed by atoms with Gasteiger partial charge in [-0.15, -0.1) is 0 Å². The van der Waals surface area contributed by atoms with Crippen LogP contribution in [-0.2, 0) is 6.42 Å². The summed E-state index contributed by atoms with van der Waals surface area (Å²) in [6.45, 7) is 8.32. The normalized spacial score (nSPS) is 25.6. The Balaban J connectivity index is 1.62. The zero-order valence-electron chi connectivity index (χ0n) is 13.2. The summed E-state index contributed by atoms with van der Waals surface area (Å²) in [5.74, 6) is 0. The lowest BCUT2D eigenvalue weighted by molar-refractivity contribution is 0.133. The van der Waals surface area contributed by atoms with Gasteiger partial charge in [-0.2, -0.15) is 0 Å². The van der Waals surface area contributed by atoms with Gasteiger partial charge in [-0.05, 0) is 69.3 Å². The molecule has 0 spiro atoms. The highest BCUT2D eigenvalue weighted by atomic mass is 15.1. The predicted molar refractivity (Wildman–Crippen MR) is 85.1 cm³/mol. The number of hydrogen-bond donors (Lipinski definition) is 1. The van der Waals surface area contributed by atoms with Crippen molar-refractivity contribution in [3.63, 3.8) is 0 Å². The molecule has 1 fully saturated rings. The standard InChI is InChI=1S/C18H28N2/c1-14-4-5-15-6-7-17(16(15)12-14)19-13-18(2)8-10-20(3)11-9-18/h4-5,12,17,19H,6-11,13H2,1-3H3. The van der Waals surface area contributed by atoms with Gasteiger partial charge >= 0.3 is 0 Å². The van der Waals surface area contributed by atoms with Crippen molar-refractivity contribution in [3.8, 4) is 0 Å². The molecule has 1 aliphatic carbocycles. The van der Waals surface area contributed by atoms with Crippen LogP contribution in [0.2, 0.25) is 0 Å². The van der Waals surface area contributed by atoms with Gasteiger partial charge in [0.15, 0.2) is 0 Å². The maximum atomic E-state index is 3.87. The highest BCUT2D eigenvalue weighted by Gasteiger charge is 2.30. The summed E-state index contributed by atoms with van der Waals surface area (Å²) in [7, 11) is 2.24. The molecule has 0 bridgehead atoms. The monoisotopic (exact) mass is 272 g/mol. The highest BCUT2D eigenvalue weighted by molar-refractivity contribution is 5.37. The van der Waals surface area contributed by atoms with Crippen LogP contribution in [-0.4, -0.2) is 31.6 Å². The van der Waals surface area contributed by atoms with Crippen molar-refractivity contribution in [1.82, 2.24) is 10.2 Å². The third kappa shape index (κ3) is 2.91. The van der Waals surface area contributed by atoms with E-state index in [4.69, 9.17) is 0 Å². The van der Waals surface area contributed by atoms with E-state index in [1.54, 1.807) is 11.1 Å². The number of nitrogens with one attached hydrogen (secondary N) is 1. The molecule has 0 amide bonds. The Labute approximate surface area is 123 Å². The van der Waals surface area contributed by atoms with Gasteiger partial charge in [0, 0.05) is 12.6 Å². The van der Waals surface area contributed by atoms with Crippen molar-refractivity contribution < 1.29 is 0 Å². The van der Waals surface area contributed by atoms with Crippen LogP contribution >= 0.6 is 0 Å². The number of aryl methyl sites for hydroxylation is 2. The molecule has 0 saturated carbocycles. The van der Waals surface area contributed by atoms with Gasteiger partial charge in [0.2, 0.25) is 0 Å². The SMILES string of the molecule is Cc1ccc2c(c1)C(NCC1(C)CCN(C)CC1)CC2. The molecule has 1 atom stereocenters. The minimum atomic E-state index is 0.485. The predicted octanol–water partition coefficient (Wildman–Crippen LogP) is 3.30. The maximum absolute atomic E-state index is 3.87. The number of nitrogens with zero attached hydrogens (tertiary/aromatic N) is 1. The second-order valence-electron chi connectivity index (χ2n) is 7.29. The molecule has 3 rings (SSSR count). The first-order valence-corrected chi connectivity index (χ1v) is 8.07. The van der Waals surface area contributed by atoms with Crippen molar-refractivity contribution >= 4 is 0 Å². The number of likely N-dealkylation sites (tertiary alicyclic amines) is 1. The lowest BCUT2D eigenvalue weighted by Gasteiger charge is -2.38. The van der Waals surface area contributed by atoms with Crippen molar-refractivity contribution in [2.45, 2.75) is 45.6 Å². The first-order valence-electron chi connectivity index (χ1n) is 8.07. The Kier molecular flexibility index (Phi) is 3.87. The Morgan fingerprint density at radius 3 is 2.80 bits per heavy atom. The minimum Gasteiger partial charge on any atom is -0.309 e. The lowest BCUT2D eigenvalue weighted by atomic mass is 9.80. The van der Waals surface area contributed by atoms with Crippen LogP contribution in [0.25, 0.3) is 0 Å². The summed E-state index contributed by atoms with van der Waals surface area (Å²) in [5, 5.41) is 3.87. The van der Waals surface area contributed by atoms with E-state index in [0.29, 0.717) is 11.5 Å². The van der Waals surface area contributed by atoms with E-state index in [-0.39, 0.29) is 0 Å². The van der Waals surface area contributed by atoms with E-state index in [1.165, 1.54) is 50.9 Å². The van der Waals surface area contributed by atoms with Gasteiger partial charge in [-0.3, -0.25) is 0 Å². The van der Waals surface area contributed by atoms with Gasteiger partial charge in [0.05, 0.1) is 0 Å². The van der Waals surface area contributed by atoms with Crippen LogP contribution in [0.4, 0.5) is 0 Å². The Morgan fingerprint density at radius 1 is 1.30 bits per heavy atom. The van der Waals surface area contributed by atoms with Crippen LogP contribution < -0.4 is 5.32 Å². The number of piperidine rings is 1. The first kappa shape index (κ1) is 14.1. The van der Waals surface area contributed by atoms with Crippen LogP contribution in [0.5, 0.6) is 0 Å². The van der Waals surface area contributed by atoms with Crippen molar-refractivity contribution in [3.05, 3.63) is 34.9 Å². The molecular formula is C18H28N2. The molecule has 1 aromatic rings. The smallest absolute Gasteiger partial charge is 0.0326 e. The number of fused-ring (bicyclic) bond motifs is 1. The van der Waals surface area contributed by atoms with Crippen molar-refractivity contribution in [2.75, 3.05) is 26.7 Å². The minimum absolute atomic E-state index is 0.485. The van der Waals surface area contributed by atoms with Gasteiger partial charge in [-0.1, -0.05) is 30.7 Å². The number of hydrogen-bond acceptors (Lipinski definition) is 2. The second-order valence-corrected chi connectivity index (χ2v) is 7.29. The third-order valence-electron chi connectivity index (χ3n) is 5.35. The summed E-state index contributed by atoms with van der Waals surface area (Å²) in [5.41, 5.74) is 4.99. The molecule has 0 radical (unpaired) electrons. The maximum Gasteiger partial charge on any atom is 0.0326 e. The van der Waals surface area contributed by atoms with E-state index in [1.807, 2.05) is 0 Å². The van der Waals surface area contributed by atoms with Gasteiger partial charge < -0.3 is 10.2 Å². The average Bonchev–Trinajstić information content (AvgIpc) is 2.83. The molecule has 1 aromatic carbocycles. The van der Waals surface area contributed by atoms with E-state index < -0.39 is 0 Å². The molecule has 1 heterocycles. The first-order chi connectivity index (χ1) is 9.56. The molecule has 20 heavy (non-hydrogen) atoms. The van der Waals surface area contributed by atoms with E-state index in [2.05, 4.69) is 49.3 Å². The van der Waals surface area contributed by atoms with E-state index in [0.717, 1.165) is 0 Å². The topological polar surface area (TPSA) is 15.3 Å². The fraction of sp³-hybridized carbons (Fsp3) is 0.667. The molecule has 0 aromatic heterocycles. The molecule has 2 heteroatoms. The van der Waals surface area contributed by atoms with Crippen LogP contribution in [0.1, 0.15) is 48.9 Å². The summed E-state index contributed by atoms with van der Waals surface area (Å²) >= 11 is 0. The average molecular weight is 272 g/mol. The molecule has 110 valence electrons. The summed E-state index contributed by atoms with van der Waals surface area (Å²) < 4.78 is 0. The van der Waals surface area contributed by atoms with Gasteiger partial charge in [0.1, 0.15) is 0 Å². The summed E-state index contributed by atoms with van der Waals surface area (Å²) in [6, 6.07) is 7.54. The molecule has 2 aliphatic rings. The lowest BCUT2D eigenvalue weighted by Crippen LogP contribution is -2.42. The van der Waals surface area contributed by atoms with Crippen LogP contribution in [0.3, 0.4) is 0 Å². The molecule has 2 nitrogen and oxygen atoms in total. The van der Waals surface area contributed by atoms with E-state index in [9.17, 15) is 0 Å². The third-order valence-corrected chi connectivity index (χ3v) is 5.35. The Morgan fingerprint density at radius 2 is 2.05 bits per heavy atom. The molecular weight excluding hydrogens is 244 g/mol. The quantitative estimate of drug-likeness (QED) is 0.908. The zero-order valence-corrected chi connectivity index (χ0v) is 13.2. The van der Waals surface area contributed by atoms with Crippen molar-refractivity contribution in [2.24, 2.45) is 5.41 Å². The molecule has 1 N–H and O–H groups in total. The van der Waals surface area contributed by atoms with Gasteiger partial charge in [0.25, 0.3) is 0 Å². The van der Waals surface area contributed by atoms with E-state index >= 15 is 0 Å². The zero-order chi connectivity index (χ0) is 14.2. The Hall–Kier alpha value is -0.860. The molecule has 1 unspecified atom stereocenters. The van der Waals surface area contributed by atoms with Crippen LogP contribution in [0, 0.1) is 12.3 Å². The summed E-state index contributed by atoms with van der Waals surface area (Å²) in [4.78, 5) is 2.45. The fourth-order valence-electron chi connectivity index (χ4n) is 3.64. The number of rotatable bonds is 3. The van der Waals surface area contributed by atoms with Crippen LogP contribution in [0.15, 0.2) is 18.2 Å². The largest absolute Gasteiger partial charge is 0.309 e. The Bertz CT molecular complexity index is 472. The molecule has 1 saturated heterocycles. The van der Waals surface area contributed by atoms with Crippen molar-refractivity contribution in [1.29, 1.82) is 0 Å².